The number of hydrogen-bond acceptors (Lipinski definition) is 7. The number of oxime groups is 1. The molecular weight excluding hydrogens is 340 g/mol. The number of methoxy groups -OCH3 is 1. The van der Waals surface area contributed by atoms with Crippen LogP contribution in [0.15, 0.2) is 53.7 Å². The maximum absolute atomic E-state index is 11.1. The maximum atomic E-state index is 11.1. The minimum absolute atomic E-state index is 0.0252. The van der Waals surface area contributed by atoms with Crippen molar-refractivity contribution in [2.24, 2.45) is 5.16 Å². The van der Waals surface area contributed by atoms with Crippen molar-refractivity contribution in [3.05, 3.63) is 69.8 Å². The Bertz CT molecular complexity index is 802. The highest BCUT2D eigenvalue weighted by Gasteiger charge is 2.06. The van der Waals surface area contributed by atoms with Crippen molar-refractivity contribution in [2.45, 2.75) is 13.5 Å². The third-order valence-electron chi connectivity index (χ3n) is 3.42. The Kier molecular flexibility index (Phi) is 6.67. The van der Waals surface area contributed by atoms with Crippen LogP contribution in [0.3, 0.4) is 0 Å². The Balaban J connectivity index is 1.94. The molecule has 0 spiro atoms. The fraction of sp³-hybridized carbons (Fsp3) is 0.222. The molecule has 0 heterocycles. The van der Waals surface area contributed by atoms with Crippen LogP contribution in [0.1, 0.15) is 18.1 Å². The van der Waals surface area contributed by atoms with Gasteiger partial charge in [0.1, 0.15) is 12.4 Å². The molecule has 0 radical (unpaired) electrons. The largest absolute Gasteiger partial charge is 0.482 e. The highest BCUT2D eigenvalue weighted by atomic mass is 16.6. The lowest BCUT2D eigenvalue weighted by Gasteiger charge is -2.07. The van der Waals surface area contributed by atoms with E-state index in [1.54, 1.807) is 37.3 Å². The summed E-state index contributed by atoms with van der Waals surface area (Å²) in [5.41, 5.74) is 2.19. The van der Waals surface area contributed by atoms with E-state index in [2.05, 4.69) is 9.89 Å². The third-order valence-corrected chi connectivity index (χ3v) is 3.42. The predicted molar refractivity (Wildman–Crippen MR) is 94.0 cm³/mol. The van der Waals surface area contributed by atoms with Crippen LogP contribution in [-0.2, 0) is 21.0 Å². The van der Waals surface area contributed by atoms with Crippen LogP contribution in [0.25, 0.3) is 0 Å². The Morgan fingerprint density at radius 2 is 1.92 bits per heavy atom. The summed E-state index contributed by atoms with van der Waals surface area (Å²) in [6.45, 7) is 1.79. The van der Waals surface area contributed by atoms with Gasteiger partial charge in [0.05, 0.1) is 17.7 Å². The van der Waals surface area contributed by atoms with Crippen LogP contribution >= 0.6 is 0 Å². The molecule has 8 nitrogen and oxygen atoms in total. The van der Waals surface area contributed by atoms with Crippen LogP contribution in [0.5, 0.6) is 5.75 Å². The molecule has 0 bridgehead atoms. The van der Waals surface area contributed by atoms with Crippen LogP contribution < -0.4 is 4.74 Å². The second-order valence-electron chi connectivity index (χ2n) is 5.27. The summed E-state index contributed by atoms with van der Waals surface area (Å²) < 4.78 is 9.85. The fourth-order valence-electron chi connectivity index (χ4n) is 1.98. The van der Waals surface area contributed by atoms with Gasteiger partial charge in [0, 0.05) is 17.7 Å². The zero-order valence-corrected chi connectivity index (χ0v) is 14.4. The van der Waals surface area contributed by atoms with Gasteiger partial charge in [-0.2, -0.15) is 0 Å². The highest BCUT2D eigenvalue weighted by molar-refractivity contribution is 5.98. The molecule has 0 unspecified atom stereocenters. The van der Waals surface area contributed by atoms with Gasteiger partial charge in [-0.15, -0.1) is 0 Å². The first-order chi connectivity index (χ1) is 12.5. The van der Waals surface area contributed by atoms with Gasteiger partial charge >= 0.3 is 5.97 Å². The number of nitrogens with zero attached hydrogens (tertiary/aromatic N) is 2. The molecule has 2 aromatic rings. The lowest BCUT2D eigenvalue weighted by molar-refractivity contribution is -0.384. The number of nitro benzene ring substituents is 1. The standard InChI is InChI=1S/C18H18N2O6/c1-13(15-4-3-5-17(10-15)25-12-18(21)24-2)19-26-11-14-6-8-16(9-7-14)20(22)23/h3-10H,11-12H2,1-2H3/b19-13+. The summed E-state index contributed by atoms with van der Waals surface area (Å²) in [6, 6.07) is 13.1. The van der Waals surface area contributed by atoms with E-state index in [0.717, 1.165) is 11.1 Å². The number of carbonyl (C=O) groups excluding carboxylic acids is 1. The Labute approximate surface area is 150 Å². The molecule has 0 aromatic heterocycles. The summed E-state index contributed by atoms with van der Waals surface area (Å²) in [7, 11) is 1.29. The van der Waals surface area contributed by atoms with Crippen molar-refractivity contribution in [3.8, 4) is 5.75 Å². The number of non-ortho nitro benzene ring substituents is 1. The predicted octanol–water partition coefficient (Wildman–Crippen LogP) is 3.09. The van der Waals surface area contributed by atoms with E-state index in [0.29, 0.717) is 11.5 Å². The molecule has 0 aliphatic carbocycles. The topological polar surface area (TPSA) is 100 Å². The minimum atomic E-state index is -0.466. The van der Waals surface area contributed by atoms with Gasteiger partial charge in [0.15, 0.2) is 6.61 Å². The second-order valence-corrected chi connectivity index (χ2v) is 5.27. The molecule has 8 heteroatoms. The van der Waals surface area contributed by atoms with E-state index in [-0.39, 0.29) is 18.9 Å². The first-order valence-electron chi connectivity index (χ1n) is 7.69. The number of esters is 1. The minimum Gasteiger partial charge on any atom is -0.482 e. The Hall–Kier alpha value is -3.42. The fourth-order valence-corrected chi connectivity index (χ4v) is 1.98. The smallest absolute Gasteiger partial charge is 0.343 e. The van der Waals surface area contributed by atoms with Gasteiger partial charge in [0.2, 0.25) is 0 Å². The van der Waals surface area contributed by atoms with E-state index in [1.165, 1.54) is 19.2 Å². The van der Waals surface area contributed by atoms with Crippen LogP contribution in [-0.4, -0.2) is 30.3 Å². The van der Waals surface area contributed by atoms with Crippen molar-refractivity contribution in [2.75, 3.05) is 13.7 Å². The first kappa shape index (κ1) is 18.9. The number of nitro groups is 1. The van der Waals surface area contributed by atoms with Gasteiger partial charge in [-0.05, 0) is 36.8 Å². The third kappa shape index (κ3) is 5.59. The molecule has 0 aliphatic rings. The van der Waals surface area contributed by atoms with Crippen molar-refractivity contribution < 1.29 is 24.0 Å². The molecule has 26 heavy (non-hydrogen) atoms. The van der Waals surface area contributed by atoms with Gasteiger partial charge in [-0.25, -0.2) is 4.79 Å². The molecule has 136 valence electrons. The second kappa shape index (κ2) is 9.16. The molecule has 0 aliphatic heterocycles. The summed E-state index contributed by atoms with van der Waals surface area (Å²) in [5.74, 6) is 0.0463. The summed E-state index contributed by atoms with van der Waals surface area (Å²) >= 11 is 0. The Morgan fingerprint density at radius 3 is 2.58 bits per heavy atom. The van der Waals surface area contributed by atoms with Crippen molar-refractivity contribution in [1.29, 1.82) is 0 Å². The molecule has 2 rings (SSSR count). The van der Waals surface area contributed by atoms with Crippen LogP contribution in [0, 0.1) is 10.1 Å². The number of benzene rings is 2. The average Bonchev–Trinajstić information content (AvgIpc) is 2.66. The molecule has 0 atom stereocenters. The summed E-state index contributed by atoms with van der Waals surface area (Å²) in [5, 5.41) is 14.7. The summed E-state index contributed by atoms with van der Waals surface area (Å²) in [6.07, 6.45) is 0. The van der Waals surface area contributed by atoms with Gasteiger partial charge in [0.25, 0.3) is 5.69 Å². The monoisotopic (exact) mass is 358 g/mol. The normalized spacial score (nSPS) is 10.9. The van der Waals surface area contributed by atoms with Crippen molar-refractivity contribution in [1.82, 2.24) is 0 Å². The molecule has 0 saturated carbocycles. The quantitative estimate of drug-likeness (QED) is 0.311. The van der Waals surface area contributed by atoms with Crippen LogP contribution in [0.2, 0.25) is 0 Å². The molecule has 0 fully saturated rings. The SMILES string of the molecule is COC(=O)COc1cccc(/C(C)=N/OCc2ccc([N+](=O)[O-])cc2)c1. The van der Waals surface area contributed by atoms with Gasteiger partial charge in [-0.3, -0.25) is 10.1 Å². The summed E-state index contributed by atoms with van der Waals surface area (Å²) in [4.78, 5) is 26.6. The number of ether oxygens (including phenoxy) is 2. The van der Waals surface area contributed by atoms with Crippen molar-refractivity contribution >= 4 is 17.4 Å². The maximum Gasteiger partial charge on any atom is 0.343 e. The first-order valence-corrected chi connectivity index (χ1v) is 7.69. The molecule has 0 N–H and O–H groups in total. The molecule has 0 amide bonds. The van der Waals surface area contributed by atoms with E-state index in [1.807, 2.05) is 6.07 Å². The van der Waals surface area contributed by atoms with Crippen molar-refractivity contribution in [3.63, 3.8) is 0 Å². The lowest BCUT2D eigenvalue weighted by atomic mass is 10.1. The zero-order chi connectivity index (χ0) is 18.9. The number of rotatable bonds is 8. The zero-order valence-electron chi connectivity index (χ0n) is 14.4. The molecule has 2 aromatic carbocycles. The van der Waals surface area contributed by atoms with Crippen LogP contribution in [0.4, 0.5) is 5.69 Å². The number of carbonyl (C=O) groups is 1. The highest BCUT2D eigenvalue weighted by Crippen LogP contribution is 2.15. The van der Waals surface area contributed by atoms with E-state index in [9.17, 15) is 14.9 Å². The van der Waals surface area contributed by atoms with Gasteiger partial charge in [-0.1, -0.05) is 17.3 Å². The van der Waals surface area contributed by atoms with E-state index in [4.69, 9.17) is 9.57 Å². The Morgan fingerprint density at radius 1 is 1.19 bits per heavy atom. The molecule has 0 saturated heterocycles. The van der Waals surface area contributed by atoms with Gasteiger partial charge < -0.3 is 14.3 Å². The number of hydrogen-bond donors (Lipinski definition) is 0. The average molecular weight is 358 g/mol. The molecular formula is C18H18N2O6. The van der Waals surface area contributed by atoms with E-state index < -0.39 is 10.9 Å². The lowest BCUT2D eigenvalue weighted by Crippen LogP contribution is -2.12. The van der Waals surface area contributed by atoms with E-state index >= 15 is 0 Å².